The Morgan fingerprint density at radius 3 is 2.21 bits per heavy atom. The standard InChI is InChI=1S/C16H22N2S/c1-3-12-5-7-13(8-6-12)11-15(18-17)16-10-9-14(4-2)19-16/h5-10,15,18H,3-4,11,17H2,1-2H3. The summed E-state index contributed by atoms with van der Waals surface area (Å²) in [5, 5.41) is 0. The first kappa shape index (κ1) is 14.3. The Hall–Kier alpha value is -1.16. The van der Waals surface area contributed by atoms with Gasteiger partial charge in [-0.3, -0.25) is 11.3 Å². The van der Waals surface area contributed by atoms with Gasteiger partial charge in [0.15, 0.2) is 0 Å². The van der Waals surface area contributed by atoms with Crippen molar-refractivity contribution < 1.29 is 0 Å². The molecule has 0 radical (unpaired) electrons. The van der Waals surface area contributed by atoms with Crippen LogP contribution in [0.15, 0.2) is 36.4 Å². The van der Waals surface area contributed by atoms with E-state index in [0.717, 1.165) is 19.3 Å². The molecule has 0 saturated carbocycles. The summed E-state index contributed by atoms with van der Waals surface area (Å²) in [7, 11) is 0. The smallest absolute Gasteiger partial charge is 0.0593 e. The third-order valence-corrected chi connectivity index (χ3v) is 4.79. The molecule has 1 heterocycles. The van der Waals surface area contributed by atoms with E-state index in [1.54, 1.807) is 0 Å². The van der Waals surface area contributed by atoms with Crippen LogP contribution in [0.3, 0.4) is 0 Å². The lowest BCUT2D eigenvalue weighted by Crippen LogP contribution is -2.28. The van der Waals surface area contributed by atoms with Crippen molar-refractivity contribution in [2.75, 3.05) is 0 Å². The van der Waals surface area contributed by atoms with Gasteiger partial charge in [0.05, 0.1) is 6.04 Å². The van der Waals surface area contributed by atoms with E-state index >= 15 is 0 Å². The zero-order valence-electron chi connectivity index (χ0n) is 11.6. The van der Waals surface area contributed by atoms with Gasteiger partial charge in [0, 0.05) is 9.75 Å². The fourth-order valence-electron chi connectivity index (χ4n) is 2.16. The van der Waals surface area contributed by atoms with Crippen molar-refractivity contribution in [3.05, 3.63) is 57.3 Å². The lowest BCUT2D eigenvalue weighted by Gasteiger charge is -2.14. The topological polar surface area (TPSA) is 38.0 Å². The number of thiophene rings is 1. The molecule has 0 aliphatic rings. The Labute approximate surface area is 119 Å². The van der Waals surface area contributed by atoms with Gasteiger partial charge < -0.3 is 0 Å². The Morgan fingerprint density at radius 2 is 1.68 bits per heavy atom. The second-order valence-corrected chi connectivity index (χ2v) is 5.95. The van der Waals surface area contributed by atoms with Crippen LogP contribution in [0.2, 0.25) is 0 Å². The summed E-state index contributed by atoms with van der Waals surface area (Å²) in [6.45, 7) is 4.36. The monoisotopic (exact) mass is 274 g/mol. The van der Waals surface area contributed by atoms with Crippen LogP contribution in [0.5, 0.6) is 0 Å². The first-order chi connectivity index (χ1) is 9.26. The zero-order valence-corrected chi connectivity index (χ0v) is 12.5. The number of nitrogens with two attached hydrogens (primary N) is 1. The highest BCUT2D eigenvalue weighted by Gasteiger charge is 2.12. The molecule has 0 amide bonds. The van der Waals surface area contributed by atoms with Gasteiger partial charge >= 0.3 is 0 Å². The summed E-state index contributed by atoms with van der Waals surface area (Å²) in [6.07, 6.45) is 3.11. The van der Waals surface area contributed by atoms with E-state index < -0.39 is 0 Å². The van der Waals surface area contributed by atoms with Crippen molar-refractivity contribution in [2.45, 2.75) is 39.2 Å². The summed E-state index contributed by atoms with van der Waals surface area (Å²) >= 11 is 1.85. The van der Waals surface area contributed by atoms with Crippen LogP contribution in [-0.2, 0) is 19.3 Å². The molecule has 0 aliphatic heterocycles. The molecular formula is C16H22N2S. The van der Waals surface area contributed by atoms with Crippen LogP contribution >= 0.6 is 11.3 Å². The van der Waals surface area contributed by atoms with E-state index in [1.807, 2.05) is 11.3 Å². The SMILES string of the molecule is CCc1ccc(CC(NN)c2ccc(CC)s2)cc1. The number of hydrogen-bond acceptors (Lipinski definition) is 3. The molecule has 0 spiro atoms. The molecule has 0 saturated heterocycles. The average Bonchev–Trinajstić information content (AvgIpc) is 2.94. The number of hydrogen-bond donors (Lipinski definition) is 2. The molecule has 1 atom stereocenters. The van der Waals surface area contributed by atoms with Crippen molar-refractivity contribution in [3.8, 4) is 0 Å². The minimum atomic E-state index is 0.206. The van der Waals surface area contributed by atoms with Crippen molar-refractivity contribution in [2.24, 2.45) is 5.84 Å². The lowest BCUT2D eigenvalue weighted by atomic mass is 10.0. The maximum absolute atomic E-state index is 5.72. The van der Waals surface area contributed by atoms with Crippen molar-refractivity contribution in [3.63, 3.8) is 0 Å². The van der Waals surface area contributed by atoms with Gasteiger partial charge in [-0.05, 0) is 42.5 Å². The highest BCUT2D eigenvalue weighted by Crippen LogP contribution is 2.26. The number of hydrazine groups is 1. The van der Waals surface area contributed by atoms with Crippen LogP contribution in [0, 0.1) is 0 Å². The first-order valence-corrected chi connectivity index (χ1v) is 7.71. The van der Waals surface area contributed by atoms with E-state index in [9.17, 15) is 0 Å². The third kappa shape index (κ3) is 3.66. The van der Waals surface area contributed by atoms with Gasteiger partial charge in [-0.1, -0.05) is 38.1 Å². The number of benzene rings is 1. The Bertz CT molecular complexity index is 502. The van der Waals surface area contributed by atoms with E-state index in [2.05, 4.69) is 55.7 Å². The Balaban J connectivity index is 2.09. The number of nitrogens with one attached hydrogen (secondary N) is 1. The van der Waals surface area contributed by atoms with Crippen molar-refractivity contribution in [1.29, 1.82) is 0 Å². The van der Waals surface area contributed by atoms with E-state index in [0.29, 0.717) is 0 Å². The Morgan fingerprint density at radius 1 is 1.00 bits per heavy atom. The van der Waals surface area contributed by atoms with Gasteiger partial charge in [0.25, 0.3) is 0 Å². The van der Waals surface area contributed by atoms with E-state index in [-0.39, 0.29) is 6.04 Å². The van der Waals surface area contributed by atoms with Crippen LogP contribution in [0.1, 0.15) is 40.8 Å². The molecule has 0 bridgehead atoms. The largest absolute Gasteiger partial charge is 0.271 e. The highest BCUT2D eigenvalue weighted by molar-refractivity contribution is 7.12. The third-order valence-electron chi connectivity index (χ3n) is 3.45. The van der Waals surface area contributed by atoms with E-state index in [4.69, 9.17) is 5.84 Å². The lowest BCUT2D eigenvalue weighted by molar-refractivity contribution is 0.560. The van der Waals surface area contributed by atoms with E-state index in [1.165, 1.54) is 20.9 Å². The molecule has 3 heteroatoms. The molecule has 2 nitrogen and oxygen atoms in total. The zero-order chi connectivity index (χ0) is 13.7. The summed E-state index contributed by atoms with van der Waals surface area (Å²) in [6, 6.07) is 13.4. The van der Waals surface area contributed by atoms with Gasteiger partial charge in [0.2, 0.25) is 0 Å². The normalized spacial score (nSPS) is 12.6. The van der Waals surface area contributed by atoms with Crippen LogP contribution in [0.4, 0.5) is 0 Å². The minimum Gasteiger partial charge on any atom is -0.271 e. The van der Waals surface area contributed by atoms with Crippen LogP contribution in [0.25, 0.3) is 0 Å². The molecular weight excluding hydrogens is 252 g/mol. The number of aryl methyl sites for hydroxylation is 2. The predicted molar refractivity (Wildman–Crippen MR) is 83.3 cm³/mol. The summed E-state index contributed by atoms with van der Waals surface area (Å²) < 4.78 is 0. The predicted octanol–water partition coefficient (Wildman–Crippen LogP) is 3.62. The van der Waals surface area contributed by atoms with Gasteiger partial charge in [-0.25, -0.2) is 0 Å². The highest BCUT2D eigenvalue weighted by atomic mass is 32.1. The summed E-state index contributed by atoms with van der Waals surface area (Å²) in [5.74, 6) is 5.72. The Kier molecular flexibility index (Phi) is 5.14. The summed E-state index contributed by atoms with van der Waals surface area (Å²) in [5.41, 5.74) is 5.65. The van der Waals surface area contributed by atoms with Gasteiger partial charge in [-0.15, -0.1) is 11.3 Å². The molecule has 0 fully saturated rings. The molecule has 1 unspecified atom stereocenters. The molecule has 2 aromatic rings. The molecule has 3 N–H and O–H groups in total. The maximum atomic E-state index is 5.72. The quantitative estimate of drug-likeness (QED) is 0.623. The first-order valence-electron chi connectivity index (χ1n) is 6.89. The summed E-state index contributed by atoms with van der Waals surface area (Å²) in [4.78, 5) is 2.73. The molecule has 2 rings (SSSR count). The molecule has 19 heavy (non-hydrogen) atoms. The van der Waals surface area contributed by atoms with Crippen LogP contribution in [-0.4, -0.2) is 0 Å². The molecule has 1 aromatic heterocycles. The average molecular weight is 274 g/mol. The molecule has 1 aromatic carbocycles. The van der Waals surface area contributed by atoms with Gasteiger partial charge in [-0.2, -0.15) is 0 Å². The fraction of sp³-hybridized carbons (Fsp3) is 0.375. The molecule has 0 aliphatic carbocycles. The second-order valence-electron chi connectivity index (χ2n) is 4.75. The van der Waals surface area contributed by atoms with Gasteiger partial charge in [0.1, 0.15) is 0 Å². The second kappa shape index (κ2) is 6.85. The van der Waals surface area contributed by atoms with Crippen molar-refractivity contribution in [1.82, 2.24) is 5.43 Å². The van der Waals surface area contributed by atoms with Crippen molar-refractivity contribution >= 4 is 11.3 Å². The maximum Gasteiger partial charge on any atom is 0.0593 e. The minimum absolute atomic E-state index is 0.206. The fourth-order valence-corrected chi connectivity index (χ4v) is 3.17. The molecule has 102 valence electrons. The number of rotatable bonds is 6. The van der Waals surface area contributed by atoms with Crippen LogP contribution < -0.4 is 11.3 Å².